The topological polar surface area (TPSA) is 41.6 Å². The van der Waals surface area contributed by atoms with E-state index in [1.807, 2.05) is 30.9 Å². The standard InChI is InChI=1S/C17H26N2O2S/c1-5-19(6-2)17(22)18-16(20)14-8-7-9-15(12-14)21-11-10-13(3)4/h7-9,12-13H,5-6,10-11H2,1-4H3,(H,18,20,22). The molecule has 0 saturated heterocycles. The zero-order valence-corrected chi connectivity index (χ0v) is 14.7. The highest BCUT2D eigenvalue weighted by atomic mass is 32.1. The molecule has 22 heavy (non-hydrogen) atoms. The molecule has 1 aromatic rings. The molecule has 0 atom stereocenters. The number of ether oxygens (including phenoxy) is 1. The Morgan fingerprint density at radius 1 is 1.32 bits per heavy atom. The Bertz CT molecular complexity index is 499. The van der Waals surface area contributed by atoms with Crippen LogP contribution in [0, 0.1) is 5.92 Å². The van der Waals surface area contributed by atoms with Gasteiger partial charge in [-0.3, -0.25) is 10.1 Å². The van der Waals surface area contributed by atoms with Crippen LogP contribution in [-0.4, -0.2) is 35.6 Å². The first-order chi connectivity index (χ1) is 10.5. The van der Waals surface area contributed by atoms with Crippen LogP contribution in [0.5, 0.6) is 5.75 Å². The van der Waals surface area contributed by atoms with E-state index in [1.54, 1.807) is 12.1 Å². The smallest absolute Gasteiger partial charge is 0.257 e. The van der Waals surface area contributed by atoms with Crippen LogP contribution in [-0.2, 0) is 0 Å². The first-order valence-corrected chi connectivity index (χ1v) is 8.21. The Kier molecular flexibility index (Phi) is 7.88. The summed E-state index contributed by atoms with van der Waals surface area (Å²) >= 11 is 5.24. The summed E-state index contributed by atoms with van der Waals surface area (Å²) in [5, 5.41) is 3.22. The van der Waals surface area contributed by atoms with Crippen LogP contribution in [0.4, 0.5) is 0 Å². The third-order valence-corrected chi connectivity index (χ3v) is 3.69. The molecule has 0 radical (unpaired) electrons. The molecule has 0 aliphatic carbocycles. The van der Waals surface area contributed by atoms with Crippen LogP contribution in [0.15, 0.2) is 24.3 Å². The summed E-state index contributed by atoms with van der Waals surface area (Å²) in [7, 11) is 0. The van der Waals surface area contributed by atoms with Crippen LogP contribution in [0.3, 0.4) is 0 Å². The summed E-state index contributed by atoms with van der Waals surface area (Å²) in [5.74, 6) is 1.10. The van der Waals surface area contributed by atoms with E-state index in [1.165, 1.54) is 0 Å². The Morgan fingerprint density at radius 2 is 2.00 bits per heavy atom. The number of thiocarbonyl (C=S) groups is 1. The lowest BCUT2D eigenvalue weighted by Crippen LogP contribution is -2.42. The van der Waals surface area contributed by atoms with E-state index >= 15 is 0 Å². The molecule has 0 aromatic heterocycles. The van der Waals surface area contributed by atoms with Gasteiger partial charge in [-0.15, -0.1) is 0 Å². The highest BCUT2D eigenvalue weighted by Crippen LogP contribution is 2.14. The van der Waals surface area contributed by atoms with Crippen molar-refractivity contribution in [2.45, 2.75) is 34.1 Å². The minimum atomic E-state index is -0.203. The van der Waals surface area contributed by atoms with Gasteiger partial charge in [0.1, 0.15) is 5.75 Å². The van der Waals surface area contributed by atoms with Gasteiger partial charge in [-0.2, -0.15) is 0 Å². The van der Waals surface area contributed by atoms with Crippen molar-refractivity contribution in [2.24, 2.45) is 5.92 Å². The van der Waals surface area contributed by atoms with Crippen molar-refractivity contribution in [3.63, 3.8) is 0 Å². The fourth-order valence-corrected chi connectivity index (χ4v) is 2.25. The van der Waals surface area contributed by atoms with Crippen LogP contribution < -0.4 is 10.1 Å². The molecule has 0 unspecified atom stereocenters. The van der Waals surface area contributed by atoms with Gasteiger partial charge < -0.3 is 9.64 Å². The normalized spacial score (nSPS) is 10.4. The third-order valence-electron chi connectivity index (χ3n) is 3.33. The van der Waals surface area contributed by atoms with E-state index in [0.29, 0.717) is 29.0 Å². The molecule has 0 spiro atoms. The van der Waals surface area contributed by atoms with E-state index in [4.69, 9.17) is 17.0 Å². The molecule has 0 aliphatic heterocycles. The number of carbonyl (C=O) groups excluding carboxylic acids is 1. The predicted molar refractivity (Wildman–Crippen MR) is 94.4 cm³/mol. The lowest BCUT2D eigenvalue weighted by atomic mass is 10.1. The largest absolute Gasteiger partial charge is 0.494 e. The van der Waals surface area contributed by atoms with E-state index in [0.717, 1.165) is 19.5 Å². The zero-order valence-electron chi connectivity index (χ0n) is 13.9. The molecule has 1 N–H and O–H groups in total. The van der Waals surface area contributed by atoms with Crippen molar-refractivity contribution in [3.05, 3.63) is 29.8 Å². The number of nitrogens with zero attached hydrogens (tertiary/aromatic N) is 1. The number of hydrogen-bond acceptors (Lipinski definition) is 3. The monoisotopic (exact) mass is 322 g/mol. The van der Waals surface area contributed by atoms with E-state index in [9.17, 15) is 4.79 Å². The third kappa shape index (κ3) is 6.02. The van der Waals surface area contributed by atoms with Crippen molar-refractivity contribution in [1.82, 2.24) is 10.2 Å². The van der Waals surface area contributed by atoms with Crippen LogP contribution in [0.2, 0.25) is 0 Å². The van der Waals surface area contributed by atoms with Gasteiger partial charge in [0.2, 0.25) is 0 Å². The van der Waals surface area contributed by atoms with Gasteiger partial charge in [-0.25, -0.2) is 0 Å². The first kappa shape index (κ1) is 18.4. The quantitative estimate of drug-likeness (QED) is 0.781. The van der Waals surface area contributed by atoms with Gasteiger partial charge in [0, 0.05) is 18.7 Å². The second-order valence-electron chi connectivity index (χ2n) is 5.49. The van der Waals surface area contributed by atoms with Crippen molar-refractivity contribution in [1.29, 1.82) is 0 Å². The summed E-state index contributed by atoms with van der Waals surface area (Å²) < 4.78 is 5.68. The summed E-state index contributed by atoms with van der Waals surface area (Å²) in [5.41, 5.74) is 0.552. The minimum Gasteiger partial charge on any atom is -0.494 e. The molecule has 1 aromatic carbocycles. The summed E-state index contributed by atoms with van der Waals surface area (Å²) in [6.07, 6.45) is 0.989. The maximum Gasteiger partial charge on any atom is 0.257 e. The molecule has 122 valence electrons. The Labute approximate surface area is 138 Å². The maximum atomic E-state index is 12.2. The van der Waals surface area contributed by atoms with Crippen molar-refractivity contribution in [3.8, 4) is 5.75 Å². The van der Waals surface area contributed by atoms with Crippen molar-refractivity contribution in [2.75, 3.05) is 19.7 Å². The first-order valence-electron chi connectivity index (χ1n) is 7.81. The number of amides is 1. The van der Waals surface area contributed by atoms with Gasteiger partial charge >= 0.3 is 0 Å². The molecule has 5 heteroatoms. The highest BCUT2D eigenvalue weighted by Gasteiger charge is 2.12. The van der Waals surface area contributed by atoms with Gasteiger partial charge in [0.15, 0.2) is 5.11 Å². The fourth-order valence-electron chi connectivity index (χ4n) is 1.90. The second kappa shape index (κ2) is 9.41. The Hall–Kier alpha value is -1.62. The predicted octanol–water partition coefficient (Wildman–Crippen LogP) is 3.47. The second-order valence-corrected chi connectivity index (χ2v) is 5.88. The number of carbonyl (C=O) groups is 1. The van der Waals surface area contributed by atoms with Crippen LogP contribution >= 0.6 is 12.2 Å². The molecule has 0 fully saturated rings. The molecule has 4 nitrogen and oxygen atoms in total. The highest BCUT2D eigenvalue weighted by molar-refractivity contribution is 7.80. The molecule has 0 heterocycles. The molecule has 1 amide bonds. The van der Waals surface area contributed by atoms with Crippen LogP contribution in [0.1, 0.15) is 44.5 Å². The summed E-state index contributed by atoms with van der Waals surface area (Å²) in [6, 6.07) is 7.19. The molecule has 0 saturated carbocycles. The van der Waals surface area contributed by atoms with Gasteiger partial charge in [-0.05, 0) is 56.6 Å². The maximum absolute atomic E-state index is 12.2. The van der Waals surface area contributed by atoms with E-state index in [2.05, 4.69) is 19.2 Å². The fraction of sp³-hybridized carbons (Fsp3) is 0.529. The zero-order chi connectivity index (χ0) is 16.5. The lowest BCUT2D eigenvalue weighted by Gasteiger charge is -2.21. The molecular weight excluding hydrogens is 296 g/mol. The van der Waals surface area contributed by atoms with E-state index in [-0.39, 0.29) is 5.91 Å². The number of rotatable bonds is 7. The van der Waals surface area contributed by atoms with Crippen molar-refractivity contribution < 1.29 is 9.53 Å². The average molecular weight is 322 g/mol. The minimum absolute atomic E-state index is 0.203. The van der Waals surface area contributed by atoms with Gasteiger partial charge in [0.05, 0.1) is 6.61 Å². The number of hydrogen-bond donors (Lipinski definition) is 1. The van der Waals surface area contributed by atoms with Gasteiger partial charge in [-0.1, -0.05) is 19.9 Å². The summed E-state index contributed by atoms with van der Waals surface area (Å²) in [6.45, 7) is 10.5. The Morgan fingerprint density at radius 3 is 2.59 bits per heavy atom. The molecule has 0 aliphatic rings. The van der Waals surface area contributed by atoms with Gasteiger partial charge in [0.25, 0.3) is 5.91 Å². The number of nitrogens with one attached hydrogen (secondary N) is 1. The number of benzene rings is 1. The molecular formula is C17H26N2O2S. The lowest BCUT2D eigenvalue weighted by molar-refractivity contribution is 0.0973. The SMILES string of the molecule is CCN(CC)C(=S)NC(=O)c1cccc(OCCC(C)C)c1. The molecule has 0 bridgehead atoms. The average Bonchev–Trinajstić information content (AvgIpc) is 2.48. The van der Waals surface area contributed by atoms with Crippen LogP contribution in [0.25, 0.3) is 0 Å². The van der Waals surface area contributed by atoms with E-state index < -0.39 is 0 Å². The molecule has 1 rings (SSSR count). The summed E-state index contributed by atoms with van der Waals surface area (Å²) in [4.78, 5) is 14.2. The van der Waals surface area contributed by atoms with Crippen molar-refractivity contribution >= 4 is 23.2 Å². The Balaban J connectivity index is 2.64.